The lowest BCUT2D eigenvalue weighted by Gasteiger charge is -2.32. The summed E-state index contributed by atoms with van der Waals surface area (Å²) in [6.45, 7) is 3.71. The number of nitrogens with zero attached hydrogens (tertiary/aromatic N) is 1. The van der Waals surface area contributed by atoms with Crippen molar-refractivity contribution in [3.05, 3.63) is 59.7 Å². The van der Waals surface area contributed by atoms with E-state index in [1.807, 2.05) is 6.92 Å². The third-order valence-corrected chi connectivity index (χ3v) is 5.31. The molecule has 2 amide bonds. The van der Waals surface area contributed by atoms with Crippen LogP contribution < -0.4 is 5.32 Å². The van der Waals surface area contributed by atoms with Gasteiger partial charge in [0.1, 0.15) is 0 Å². The molecule has 6 nitrogen and oxygen atoms in total. The van der Waals surface area contributed by atoms with Gasteiger partial charge in [0, 0.05) is 31.1 Å². The minimum absolute atomic E-state index is 0.0615. The molecule has 2 aromatic carbocycles. The summed E-state index contributed by atoms with van der Waals surface area (Å²) in [5.74, 6) is -1.15. The second kappa shape index (κ2) is 9.37. The first-order chi connectivity index (χ1) is 14.0. The van der Waals surface area contributed by atoms with Crippen LogP contribution in [0.25, 0.3) is 11.1 Å². The normalized spacial score (nSPS) is 14.4. The second-order valence-electron chi connectivity index (χ2n) is 7.25. The van der Waals surface area contributed by atoms with Crippen molar-refractivity contribution >= 4 is 17.8 Å². The maximum absolute atomic E-state index is 13.2. The van der Waals surface area contributed by atoms with Crippen LogP contribution in [0.3, 0.4) is 0 Å². The Hall–Kier alpha value is -3.15. The predicted octanol–water partition coefficient (Wildman–Crippen LogP) is 3.43. The lowest BCUT2D eigenvalue weighted by Crippen LogP contribution is -2.43. The molecule has 0 spiro atoms. The smallest absolute Gasteiger partial charge is 0.336 e. The summed E-state index contributed by atoms with van der Waals surface area (Å²) >= 11 is 0. The topological polar surface area (TPSA) is 86.7 Å². The summed E-state index contributed by atoms with van der Waals surface area (Å²) in [7, 11) is 0. The van der Waals surface area contributed by atoms with E-state index in [4.69, 9.17) is 0 Å². The van der Waals surface area contributed by atoms with Gasteiger partial charge in [-0.3, -0.25) is 9.59 Å². The molecule has 0 bridgehead atoms. The molecule has 1 saturated heterocycles. The van der Waals surface area contributed by atoms with E-state index >= 15 is 0 Å². The Kier molecular flexibility index (Phi) is 6.65. The van der Waals surface area contributed by atoms with Crippen LogP contribution in [0.5, 0.6) is 0 Å². The number of amides is 2. The first-order valence-electron chi connectivity index (χ1n) is 10.0. The highest BCUT2D eigenvalue weighted by atomic mass is 16.4. The molecule has 6 heteroatoms. The van der Waals surface area contributed by atoms with E-state index in [0.717, 1.165) is 6.42 Å². The zero-order valence-corrected chi connectivity index (χ0v) is 16.6. The third-order valence-electron chi connectivity index (χ3n) is 5.31. The highest BCUT2D eigenvalue weighted by Gasteiger charge is 2.29. The standard InChI is InChI=1S/C23H26N2O4/c1-2-13-24-21(26)16-11-14-25(15-12-16)22(27)19-9-5-3-7-17(19)18-8-4-6-10-20(18)23(28)29/h3-10,16H,2,11-15H2,1H3,(H,24,26)(H,28,29). The molecule has 1 aliphatic rings. The number of likely N-dealkylation sites (tertiary alicyclic amines) is 1. The van der Waals surface area contributed by atoms with Crippen molar-refractivity contribution in [2.24, 2.45) is 5.92 Å². The largest absolute Gasteiger partial charge is 0.478 e. The van der Waals surface area contributed by atoms with Crippen LogP contribution >= 0.6 is 0 Å². The van der Waals surface area contributed by atoms with Gasteiger partial charge in [0.15, 0.2) is 0 Å². The minimum Gasteiger partial charge on any atom is -0.478 e. The van der Waals surface area contributed by atoms with Gasteiger partial charge in [0.2, 0.25) is 5.91 Å². The number of hydrogen-bond acceptors (Lipinski definition) is 3. The number of hydrogen-bond donors (Lipinski definition) is 2. The summed E-state index contributed by atoms with van der Waals surface area (Å²) < 4.78 is 0. The number of carboxylic acid groups (broad SMARTS) is 1. The first kappa shape index (κ1) is 20.6. The Labute approximate surface area is 170 Å². The van der Waals surface area contributed by atoms with Crippen LogP contribution in [0.4, 0.5) is 0 Å². The van der Waals surface area contributed by atoms with Gasteiger partial charge in [-0.1, -0.05) is 43.3 Å². The molecule has 1 heterocycles. The summed E-state index contributed by atoms with van der Waals surface area (Å²) in [5.41, 5.74) is 1.78. The summed E-state index contributed by atoms with van der Waals surface area (Å²) in [5, 5.41) is 12.4. The Morgan fingerprint density at radius 3 is 2.10 bits per heavy atom. The molecular weight excluding hydrogens is 368 g/mol. The molecule has 0 atom stereocenters. The second-order valence-corrected chi connectivity index (χ2v) is 7.25. The van der Waals surface area contributed by atoms with Crippen LogP contribution in [0.2, 0.25) is 0 Å². The molecule has 0 aromatic heterocycles. The van der Waals surface area contributed by atoms with E-state index in [2.05, 4.69) is 5.32 Å². The van der Waals surface area contributed by atoms with E-state index in [1.54, 1.807) is 53.4 Å². The molecule has 0 saturated carbocycles. The van der Waals surface area contributed by atoms with Crippen molar-refractivity contribution < 1.29 is 19.5 Å². The minimum atomic E-state index is -1.03. The molecule has 2 N–H and O–H groups in total. The van der Waals surface area contributed by atoms with Crippen molar-refractivity contribution in [2.75, 3.05) is 19.6 Å². The highest BCUT2D eigenvalue weighted by Crippen LogP contribution is 2.29. The van der Waals surface area contributed by atoms with Crippen LogP contribution in [-0.4, -0.2) is 47.4 Å². The fourth-order valence-electron chi connectivity index (χ4n) is 3.72. The monoisotopic (exact) mass is 394 g/mol. The van der Waals surface area contributed by atoms with E-state index < -0.39 is 5.97 Å². The predicted molar refractivity (Wildman–Crippen MR) is 111 cm³/mol. The molecule has 29 heavy (non-hydrogen) atoms. The fraction of sp³-hybridized carbons (Fsp3) is 0.348. The van der Waals surface area contributed by atoms with Gasteiger partial charge < -0.3 is 15.3 Å². The van der Waals surface area contributed by atoms with Crippen molar-refractivity contribution in [1.82, 2.24) is 10.2 Å². The first-order valence-corrected chi connectivity index (χ1v) is 10.0. The van der Waals surface area contributed by atoms with E-state index in [-0.39, 0.29) is 23.3 Å². The molecule has 152 valence electrons. The van der Waals surface area contributed by atoms with Crippen molar-refractivity contribution in [2.45, 2.75) is 26.2 Å². The van der Waals surface area contributed by atoms with Crippen LogP contribution in [-0.2, 0) is 4.79 Å². The quantitative estimate of drug-likeness (QED) is 0.786. The SMILES string of the molecule is CCCNC(=O)C1CCN(C(=O)c2ccccc2-c2ccccc2C(=O)O)CC1. The molecule has 0 radical (unpaired) electrons. The Balaban J connectivity index is 1.79. The zero-order chi connectivity index (χ0) is 20.8. The number of piperidine rings is 1. The Morgan fingerprint density at radius 2 is 1.52 bits per heavy atom. The van der Waals surface area contributed by atoms with Gasteiger partial charge in [-0.25, -0.2) is 4.79 Å². The molecule has 1 fully saturated rings. The van der Waals surface area contributed by atoms with Crippen molar-refractivity contribution in [1.29, 1.82) is 0 Å². The molecule has 3 rings (SSSR count). The molecule has 2 aromatic rings. The average molecular weight is 394 g/mol. The lowest BCUT2D eigenvalue weighted by atomic mass is 9.92. The zero-order valence-electron chi connectivity index (χ0n) is 16.6. The summed E-state index contributed by atoms with van der Waals surface area (Å²) in [6.07, 6.45) is 2.17. The molecule has 1 aliphatic heterocycles. The number of carbonyl (C=O) groups is 3. The number of carbonyl (C=O) groups excluding carboxylic acids is 2. The van der Waals surface area contributed by atoms with Gasteiger partial charge in [-0.15, -0.1) is 0 Å². The lowest BCUT2D eigenvalue weighted by molar-refractivity contribution is -0.126. The summed E-state index contributed by atoms with van der Waals surface area (Å²) in [4.78, 5) is 38.8. The van der Waals surface area contributed by atoms with Crippen LogP contribution in [0.1, 0.15) is 46.9 Å². The van der Waals surface area contributed by atoms with Gasteiger partial charge in [-0.2, -0.15) is 0 Å². The molecular formula is C23H26N2O4. The molecule has 0 unspecified atom stereocenters. The Morgan fingerprint density at radius 1 is 0.966 bits per heavy atom. The van der Waals surface area contributed by atoms with Crippen LogP contribution in [0.15, 0.2) is 48.5 Å². The van der Waals surface area contributed by atoms with Crippen LogP contribution in [0, 0.1) is 5.92 Å². The average Bonchev–Trinajstić information content (AvgIpc) is 2.77. The van der Waals surface area contributed by atoms with Gasteiger partial charge in [0.25, 0.3) is 5.91 Å². The van der Waals surface area contributed by atoms with Crippen molar-refractivity contribution in [3.63, 3.8) is 0 Å². The van der Waals surface area contributed by atoms with Gasteiger partial charge in [0.05, 0.1) is 5.56 Å². The summed E-state index contributed by atoms with van der Waals surface area (Å²) in [6, 6.07) is 13.8. The number of aromatic carboxylic acids is 1. The number of rotatable bonds is 6. The Bertz CT molecular complexity index is 901. The highest BCUT2D eigenvalue weighted by molar-refractivity contribution is 6.04. The number of carboxylic acids is 1. The van der Waals surface area contributed by atoms with Gasteiger partial charge >= 0.3 is 5.97 Å². The van der Waals surface area contributed by atoms with Crippen molar-refractivity contribution in [3.8, 4) is 11.1 Å². The van der Waals surface area contributed by atoms with E-state index in [1.165, 1.54) is 0 Å². The number of benzene rings is 2. The maximum Gasteiger partial charge on any atom is 0.336 e. The fourth-order valence-corrected chi connectivity index (χ4v) is 3.72. The van der Waals surface area contributed by atoms with E-state index in [0.29, 0.717) is 49.2 Å². The third kappa shape index (κ3) is 4.65. The number of nitrogens with one attached hydrogen (secondary N) is 1. The van der Waals surface area contributed by atoms with E-state index in [9.17, 15) is 19.5 Å². The van der Waals surface area contributed by atoms with Gasteiger partial charge in [-0.05, 0) is 42.5 Å². The maximum atomic E-state index is 13.2. The molecule has 0 aliphatic carbocycles.